The maximum atomic E-state index is 13.8. The highest BCUT2D eigenvalue weighted by molar-refractivity contribution is 5.43. The highest BCUT2D eigenvalue weighted by Crippen LogP contribution is 2.25. The van der Waals surface area contributed by atoms with Crippen molar-refractivity contribution in [2.75, 3.05) is 24.5 Å². The van der Waals surface area contributed by atoms with Crippen LogP contribution in [0.3, 0.4) is 0 Å². The van der Waals surface area contributed by atoms with Gasteiger partial charge in [0.25, 0.3) is 0 Å². The second-order valence-corrected chi connectivity index (χ2v) is 3.82. The fourth-order valence-electron chi connectivity index (χ4n) is 1.75. The Bertz CT molecular complexity index is 349. The summed E-state index contributed by atoms with van der Waals surface area (Å²) >= 11 is 0. The highest BCUT2D eigenvalue weighted by atomic mass is 19.1. The quantitative estimate of drug-likeness (QED) is 0.792. The topological polar surface area (TPSA) is 55.0 Å². The molecule has 0 atom stereocenters. The Labute approximate surface area is 88.3 Å². The molecule has 0 spiro atoms. The molecule has 4 nitrogen and oxygen atoms in total. The molecule has 82 valence electrons. The number of halogens is 1. The lowest BCUT2D eigenvalue weighted by Crippen LogP contribution is -2.50. The molecule has 0 amide bonds. The smallest absolute Gasteiger partial charge is 0.187 e. The molecule has 0 radical (unpaired) electrons. The molecule has 0 bridgehead atoms. The third kappa shape index (κ3) is 1.79. The molecule has 0 saturated carbocycles. The number of aromatic nitrogens is 2. The van der Waals surface area contributed by atoms with E-state index in [-0.39, 0.29) is 5.82 Å². The number of hydrogen-bond donors (Lipinski definition) is 1. The third-order valence-electron chi connectivity index (χ3n) is 2.77. The molecule has 2 N–H and O–H groups in total. The van der Waals surface area contributed by atoms with Crippen LogP contribution in [0.1, 0.15) is 12.6 Å². The Morgan fingerprint density at radius 2 is 2.27 bits per heavy atom. The molecule has 0 aliphatic carbocycles. The van der Waals surface area contributed by atoms with Crippen LogP contribution in [0.5, 0.6) is 0 Å². The van der Waals surface area contributed by atoms with Crippen molar-refractivity contribution in [3.63, 3.8) is 0 Å². The Morgan fingerprint density at radius 1 is 1.53 bits per heavy atom. The van der Waals surface area contributed by atoms with Gasteiger partial charge < -0.3 is 10.6 Å². The van der Waals surface area contributed by atoms with Crippen LogP contribution in [-0.2, 0) is 6.42 Å². The van der Waals surface area contributed by atoms with E-state index in [9.17, 15) is 4.39 Å². The maximum absolute atomic E-state index is 13.8. The van der Waals surface area contributed by atoms with E-state index in [1.54, 1.807) is 0 Å². The number of hydrogen-bond acceptors (Lipinski definition) is 4. The monoisotopic (exact) mass is 210 g/mol. The Morgan fingerprint density at radius 3 is 2.87 bits per heavy atom. The predicted octanol–water partition coefficient (Wildman–Crippen LogP) is 0.573. The van der Waals surface area contributed by atoms with Gasteiger partial charge in [-0.1, -0.05) is 6.92 Å². The minimum Gasteiger partial charge on any atom is -0.353 e. The SMILES string of the molecule is CCc1ncnc(N2CC(CN)C2)c1F. The van der Waals surface area contributed by atoms with E-state index in [1.807, 2.05) is 11.8 Å². The average molecular weight is 210 g/mol. The first-order valence-electron chi connectivity index (χ1n) is 5.20. The number of nitrogens with two attached hydrogens (primary N) is 1. The van der Waals surface area contributed by atoms with Crippen molar-refractivity contribution in [3.8, 4) is 0 Å². The standard InChI is InChI=1S/C10H15FN4/c1-2-8-9(11)10(14-6-13-8)15-4-7(3-12)5-15/h6-7H,2-5,12H2,1H3. The van der Waals surface area contributed by atoms with Crippen molar-refractivity contribution in [3.05, 3.63) is 17.8 Å². The molecule has 0 aromatic carbocycles. The van der Waals surface area contributed by atoms with Crippen LogP contribution < -0.4 is 10.6 Å². The lowest BCUT2D eigenvalue weighted by atomic mass is 10.0. The van der Waals surface area contributed by atoms with Crippen molar-refractivity contribution in [2.45, 2.75) is 13.3 Å². The molecule has 5 heteroatoms. The van der Waals surface area contributed by atoms with E-state index in [4.69, 9.17) is 5.73 Å². The van der Waals surface area contributed by atoms with Gasteiger partial charge in [0.15, 0.2) is 11.6 Å². The largest absolute Gasteiger partial charge is 0.353 e. The number of anilines is 1. The van der Waals surface area contributed by atoms with Gasteiger partial charge in [0.2, 0.25) is 0 Å². The summed E-state index contributed by atoms with van der Waals surface area (Å²) < 4.78 is 13.8. The number of nitrogens with zero attached hydrogens (tertiary/aromatic N) is 3. The van der Waals surface area contributed by atoms with E-state index < -0.39 is 0 Å². The van der Waals surface area contributed by atoms with Gasteiger partial charge >= 0.3 is 0 Å². The lowest BCUT2D eigenvalue weighted by molar-refractivity contribution is 0.408. The van der Waals surface area contributed by atoms with Gasteiger partial charge in [0, 0.05) is 19.0 Å². The first kappa shape index (κ1) is 10.3. The molecule has 15 heavy (non-hydrogen) atoms. The van der Waals surface area contributed by atoms with Gasteiger partial charge in [-0.15, -0.1) is 0 Å². The van der Waals surface area contributed by atoms with E-state index >= 15 is 0 Å². The fourth-order valence-corrected chi connectivity index (χ4v) is 1.75. The van der Waals surface area contributed by atoms with Gasteiger partial charge in [-0.3, -0.25) is 0 Å². The molecular formula is C10H15FN4. The normalized spacial score (nSPS) is 16.6. The van der Waals surface area contributed by atoms with Crippen molar-refractivity contribution in [2.24, 2.45) is 11.7 Å². The van der Waals surface area contributed by atoms with E-state index in [1.165, 1.54) is 6.33 Å². The van der Waals surface area contributed by atoms with Gasteiger partial charge in [-0.2, -0.15) is 0 Å². The zero-order valence-electron chi connectivity index (χ0n) is 8.78. The van der Waals surface area contributed by atoms with Crippen molar-refractivity contribution in [1.29, 1.82) is 0 Å². The minimum absolute atomic E-state index is 0.282. The van der Waals surface area contributed by atoms with Crippen molar-refractivity contribution in [1.82, 2.24) is 9.97 Å². The summed E-state index contributed by atoms with van der Waals surface area (Å²) in [6.45, 7) is 4.14. The summed E-state index contributed by atoms with van der Waals surface area (Å²) in [6.07, 6.45) is 2.02. The van der Waals surface area contributed by atoms with Gasteiger partial charge in [-0.05, 0) is 13.0 Å². The third-order valence-corrected chi connectivity index (χ3v) is 2.77. The number of aryl methyl sites for hydroxylation is 1. The molecular weight excluding hydrogens is 195 g/mol. The van der Waals surface area contributed by atoms with E-state index in [0.717, 1.165) is 13.1 Å². The average Bonchev–Trinajstić information content (AvgIpc) is 2.19. The van der Waals surface area contributed by atoms with Crippen LogP contribution in [0, 0.1) is 11.7 Å². The van der Waals surface area contributed by atoms with Crippen LogP contribution in [0.15, 0.2) is 6.33 Å². The highest BCUT2D eigenvalue weighted by Gasteiger charge is 2.29. The van der Waals surface area contributed by atoms with Gasteiger partial charge in [-0.25, -0.2) is 14.4 Å². The second kappa shape index (κ2) is 4.10. The van der Waals surface area contributed by atoms with Crippen LogP contribution in [0.4, 0.5) is 10.2 Å². The number of rotatable bonds is 3. The molecule has 1 aromatic rings. The maximum Gasteiger partial charge on any atom is 0.187 e. The van der Waals surface area contributed by atoms with Crippen molar-refractivity contribution >= 4 is 5.82 Å². The lowest BCUT2D eigenvalue weighted by Gasteiger charge is -2.39. The van der Waals surface area contributed by atoms with Crippen LogP contribution in [0.25, 0.3) is 0 Å². The van der Waals surface area contributed by atoms with Gasteiger partial charge in [0.05, 0.1) is 5.69 Å². The summed E-state index contributed by atoms with van der Waals surface area (Å²) in [5, 5.41) is 0. The Kier molecular flexibility index (Phi) is 2.81. The molecule has 1 aliphatic rings. The summed E-state index contributed by atoms with van der Waals surface area (Å²) in [5.74, 6) is 0.617. The van der Waals surface area contributed by atoms with Crippen LogP contribution >= 0.6 is 0 Å². The molecule has 1 aliphatic heterocycles. The molecule has 0 unspecified atom stereocenters. The van der Waals surface area contributed by atoms with Crippen LogP contribution in [-0.4, -0.2) is 29.6 Å². The summed E-state index contributed by atoms with van der Waals surface area (Å²) in [4.78, 5) is 9.79. The Hall–Kier alpha value is -1.23. The predicted molar refractivity (Wildman–Crippen MR) is 56.1 cm³/mol. The molecule has 1 saturated heterocycles. The zero-order valence-corrected chi connectivity index (χ0v) is 8.78. The molecule has 2 rings (SSSR count). The van der Waals surface area contributed by atoms with Crippen LogP contribution in [0.2, 0.25) is 0 Å². The van der Waals surface area contributed by atoms with E-state index in [2.05, 4.69) is 9.97 Å². The summed E-state index contributed by atoms with van der Waals surface area (Å²) in [6, 6.07) is 0. The second-order valence-electron chi connectivity index (χ2n) is 3.82. The first-order valence-corrected chi connectivity index (χ1v) is 5.20. The minimum atomic E-state index is -0.282. The Balaban J connectivity index is 2.16. The molecule has 1 fully saturated rings. The summed E-state index contributed by atoms with van der Waals surface area (Å²) in [5.41, 5.74) is 6.00. The fraction of sp³-hybridized carbons (Fsp3) is 0.600. The van der Waals surface area contributed by atoms with Crippen molar-refractivity contribution < 1.29 is 4.39 Å². The molecule has 1 aromatic heterocycles. The van der Waals surface area contributed by atoms with Gasteiger partial charge in [0.1, 0.15) is 6.33 Å². The zero-order chi connectivity index (χ0) is 10.8. The van der Waals surface area contributed by atoms with E-state index in [0.29, 0.717) is 30.4 Å². The molecule has 2 heterocycles. The summed E-state index contributed by atoms with van der Waals surface area (Å²) in [7, 11) is 0. The first-order chi connectivity index (χ1) is 7.26.